The molecule has 1 aromatic carbocycles. The number of rotatable bonds is 4. The fourth-order valence-electron chi connectivity index (χ4n) is 4.92. The average molecular weight is 451 g/mol. The van der Waals surface area contributed by atoms with Crippen molar-refractivity contribution in [3.8, 4) is 11.1 Å². The summed E-state index contributed by atoms with van der Waals surface area (Å²) in [5, 5.41) is 3.01. The summed E-state index contributed by atoms with van der Waals surface area (Å²) >= 11 is 0. The minimum Gasteiger partial charge on any atom is -0.447 e. The predicted molar refractivity (Wildman–Crippen MR) is 130 cm³/mol. The standard InChI is InChI=1S/C26H34N4O3/c1-17(2)33-26(32)28-23-14-18(3)30(19(4)31)24-10-8-20(15-22(23)24)21-9-11-25(27-16-21)29-12-6-5-7-13-29/h8-11,15-18,23H,5-7,12-14H2,1-4H3,(H,28,32)/t18-,23+/m1/s1. The van der Waals surface area contributed by atoms with Gasteiger partial charge in [-0.15, -0.1) is 0 Å². The summed E-state index contributed by atoms with van der Waals surface area (Å²) in [6.45, 7) is 9.36. The number of aromatic nitrogens is 1. The molecule has 0 spiro atoms. The Hall–Kier alpha value is -3.09. The Bertz CT molecular complexity index is 999. The topological polar surface area (TPSA) is 74.8 Å². The first-order chi connectivity index (χ1) is 15.8. The molecule has 2 aliphatic rings. The number of benzene rings is 1. The number of carbonyl (C=O) groups is 2. The van der Waals surface area contributed by atoms with E-state index in [1.807, 2.05) is 44.0 Å². The Balaban J connectivity index is 1.64. The fraction of sp³-hybridized carbons (Fsp3) is 0.500. The van der Waals surface area contributed by atoms with E-state index in [4.69, 9.17) is 9.72 Å². The molecule has 7 nitrogen and oxygen atoms in total. The second kappa shape index (κ2) is 9.81. The van der Waals surface area contributed by atoms with Crippen LogP contribution in [0, 0.1) is 0 Å². The quantitative estimate of drug-likeness (QED) is 0.705. The molecule has 7 heteroatoms. The zero-order valence-corrected chi connectivity index (χ0v) is 20.0. The molecule has 0 saturated carbocycles. The van der Waals surface area contributed by atoms with Gasteiger partial charge < -0.3 is 19.9 Å². The second-order valence-electron chi connectivity index (χ2n) is 9.35. The van der Waals surface area contributed by atoms with Gasteiger partial charge in [0.05, 0.1) is 12.1 Å². The van der Waals surface area contributed by atoms with Crippen molar-refractivity contribution in [1.82, 2.24) is 10.3 Å². The molecule has 2 aliphatic heterocycles. The fourth-order valence-corrected chi connectivity index (χ4v) is 4.92. The molecule has 3 heterocycles. The van der Waals surface area contributed by atoms with E-state index in [2.05, 4.69) is 28.4 Å². The molecule has 2 amide bonds. The van der Waals surface area contributed by atoms with Crippen LogP contribution < -0.4 is 15.1 Å². The SMILES string of the molecule is CC(=O)N1c2ccc(-c3ccc(N4CCCCC4)nc3)cc2[C@@H](NC(=O)OC(C)C)C[C@H]1C. The van der Waals surface area contributed by atoms with Crippen molar-refractivity contribution < 1.29 is 14.3 Å². The smallest absolute Gasteiger partial charge is 0.407 e. The normalized spacial score (nSPS) is 20.4. The largest absolute Gasteiger partial charge is 0.447 e. The first-order valence-corrected chi connectivity index (χ1v) is 12.0. The monoisotopic (exact) mass is 450 g/mol. The molecular formula is C26H34N4O3. The van der Waals surface area contributed by atoms with Gasteiger partial charge in [0.15, 0.2) is 0 Å². The van der Waals surface area contributed by atoms with Crippen LogP contribution in [0.2, 0.25) is 0 Å². The third-order valence-corrected chi connectivity index (χ3v) is 6.42. The van der Waals surface area contributed by atoms with Gasteiger partial charge in [0, 0.05) is 43.5 Å². The molecule has 0 radical (unpaired) electrons. The van der Waals surface area contributed by atoms with E-state index >= 15 is 0 Å². The highest BCUT2D eigenvalue weighted by Gasteiger charge is 2.33. The van der Waals surface area contributed by atoms with Gasteiger partial charge in [0.25, 0.3) is 0 Å². The van der Waals surface area contributed by atoms with Crippen LogP contribution in [0.5, 0.6) is 0 Å². The highest BCUT2D eigenvalue weighted by Crippen LogP contribution is 2.39. The third kappa shape index (κ3) is 5.13. The van der Waals surface area contributed by atoms with Crippen molar-refractivity contribution in [3.63, 3.8) is 0 Å². The average Bonchev–Trinajstić information content (AvgIpc) is 2.79. The van der Waals surface area contributed by atoms with Crippen molar-refractivity contribution >= 4 is 23.5 Å². The van der Waals surface area contributed by atoms with Gasteiger partial charge in [-0.3, -0.25) is 4.79 Å². The van der Waals surface area contributed by atoms with Gasteiger partial charge in [0.2, 0.25) is 5.91 Å². The summed E-state index contributed by atoms with van der Waals surface area (Å²) in [7, 11) is 0. The van der Waals surface area contributed by atoms with Crippen molar-refractivity contribution in [1.29, 1.82) is 0 Å². The predicted octanol–water partition coefficient (Wildman–Crippen LogP) is 5.06. The number of fused-ring (bicyclic) bond motifs is 1. The molecule has 0 bridgehead atoms. The molecular weight excluding hydrogens is 416 g/mol. The van der Waals surface area contributed by atoms with Gasteiger partial charge >= 0.3 is 6.09 Å². The third-order valence-electron chi connectivity index (χ3n) is 6.42. The summed E-state index contributed by atoms with van der Waals surface area (Å²) in [6, 6.07) is 9.97. The van der Waals surface area contributed by atoms with E-state index in [1.54, 1.807) is 6.92 Å². The molecule has 0 unspecified atom stereocenters. The summed E-state index contributed by atoms with van der Waals surface area (Å²) in [5.74, 6) is 1.01. The molecule has 176 valence electrons. The lowest BCUT2D eigenvalue weighted by Crippen LogP contribution is -2.45. The van der Waals surface area contributed by atoms with Gasteiger partial charge in [0.1, 0.15) is 5.82 Å². The molecule has 1 N–H and O–H groups in total. The van der Waals surface area contributed by atoms with Crippen molar-refractivity contribution in [2.24, 2.45) is 0 Å². The summed E-state index contributed by atoms with van der Waals surface area (Å²) in [6.07, 6.45) is 5.61. The second-order valence-corrected chi connectivity index (χ2v) is 9.35. The Morgan fingerprint density at radius 2 is 1.82 bits per heavy atom. The number of hydrogen-bond acceptors (Lipinski definition) is 5. The molecule has 1 saturated heterocycles. The highest BCUT2D eigenvalue weighted by molar-refractivity contribution is 5.94. The number of ether oxygens (including phenoxy) is 1. The van der Waals surface area contributed by atoms with E-state index in [0.29, 0.717) is 6.42 Å². The molecule has 1 aromatic heterocycles. The van der Waals surface area contributed by atoms with Gasteiger partial charge in [-0.1, -0.05) is 6.07 Å². The van der Waals surface area contributed by atoms with Gasteiger partial charge in [-0.2, -0.15) is 0 Å². The lowest BCUT2D eigenvalue weighted by atomic mass is 9.89. The van der Waals surface area contributed by atoms with Crippen LogP contribution in [-0.2, 0) is 9.53 Å². The molecule has 33 heavy (non-hydrogen) atoms. The van der Waals surface area contributed by atoms with Gasteiger partial charge in [-0.25, -0.2) is 9.78 Å². The van der Waals surface area contributed by atoms with Crippen LogP contribution in [0.25, 0.3) is 11.1 Å². The van der Waals surface area contributed by atoms with E-state index in [-0.39, 0.29) is 24.1 Å². The van der Waals surface area contributed by atoms with Crippen molar-refractivity contribution in [3.05, 3.63) is 42.1 Å². The Morgan fingerprint density at radius 1 is 1.09 bits per heavy atom. The lowest BCUT2D eigenvalue weighted by molar-refractivity contribution is -0.117. The number of nitrogens with zero attached hydrogens (tertiary/aromatic N) is 3. The molecule has 2 aromatic rings. The Kier molecular flexibility index (Phi) is 6.86. The highest BCUT2D eigenvalue weighted by atomic mass is 16.6. The number of hydrogen-bond donors (Lipinski definition) is 1. The van der Waals surface area contributed by atoms with E-state index in [0.717, 1.165) is 41.3 Å². The van der Waals surface area contributed by atoms with Crippen LogP contribution in [0.3, 0.4) is 0 Å². The number of amides is 2. The molecule has 4 rings (SSSR count). The Labute approximate surface area is 196 Å². The van der Waals surface area contributed by atoms with E-state index < -0.39 is 6.09 Å². The first-order valence-electron chi connectivity index (χ1n) is 12.0. The maximum absolute atomic E-state index is 12.4. The minimum absolute atomic E-state index is 0.00717. The number of carbonyl (C=O) groups excluding carboxylic acids is 2. The Morgan fingerprint density at radius 3 is 2.45 bits per heavy atom. The van der Waals surface area contributed by atoms with Crippen LogP contribution in [0.4, 0.5) is 16.3 Å². The van der Waals surface area contributed by atoms with E-state index in [9.17, 15) is 9.59 Å². The zero-order chi connectivity index (χ0) is 23.5. The van der Waals surface area contributed by atoms with Crippen molar-refractivity contribution in [2.45, 2.75) is 71.6 Å². The van der Waals surface area contributed by atoms with Crippen LogP contribution in [0.15, 0.2) is 36.5 Å². The van der Waals surface area contributed by atoms with Crippen LogP contribution >= 0.6 is 0 Å². The maximum atomic E-state index is 12.4. The molecule has 2 atom stereocenters. The van der Waals surface area contributed by atoms with E-state index in [1.165, 1.54) is 19.3 Å². The molecule has 1 fully saturated rings. The van der Waals surface area contributed by atoms with Crippen LogP contribution in [-0.4, -0.2) is 42.2 Å². The van der Waals surface area contributed by atoms with Gasteiger partial charge in [-0.05, 0) is 81.8 Å². The lowest BCUT2D eigenvalue weighted by Gasteiger charge is -2.39. The number of piperidine rings is 1. The summed E-state index contributed by atoms with van der Waals surface area (Å²) in [4.78, 5) is 33.6. The maximum Gasteiger partial charge on any atom is 0.407 e. The van der Waals surface area contributed by atoms with Crippen LogP contribution in [0.1, 0.15) is 65.0 Å². The summed E-state index contributed by atoms with van der Waals surface area (Å²) in [5.41, 5.74) is 3.77. The number of pyridine rings is 1. The number of alkyl carbamates (subject to hydrolysis) is 1. The number of anilines is 2. The minimum atomic E-state index is -0.442. The van der Waals surface area contributed by atoms with Crippen molar-refractivity contribution in [2.75, 3.05) is 22.9 Å². The first kappa shape index (κ1) is 23.1. The summed E-state index contributed by atoms with van der Waals surface area (Å²) < 4.78 is 5.32. The zero-order valence-electron chi connectivity index (χ0n) is 20.0. The molecule has 0 aliphatic carbocycles. The number of nitrogens with one attached hydrogen (secondary N) is 1.